The summed E-state index contributed by atoms with van der Waals surface area (Å²) in [7, 11) is 4.08. The van der Waals surface area contributed by atoms with Crippen LogP contribution in [0.1, 0.15) is 44.3 Å². The average molecular weight is 316 g/mol. The number of nitrogens with zero attached hydrogens (tertiary/aromatic N) is 1. The van der Waals surface area contributed by atoms with E-state index in [1.54, 1.807) is 6.07 Å². The molecule has 1 aliphatic rings. The number of aliphatic hydroxyl groups excluding tert-OH is 1. The molecule has 1 aromatic carbocycles. The van der Waals surface area contributed by atoms with Crippen molar-refractivity contribution in [3.05, 3.63) is 33.8 Å². The van der Waals surface area contributed by atoms with Crippen LogP contribution < -0.4 is 0 Å². The minimum Gasteiger partial charge on any atom is -0.386 e. The van der Waals surface area contributed by atoms with Crippen LogP contribution in [0.4, 0.5) is 0 Å². The van der Waals surface area contributed by atoms with Gasteiger partial charge in [0.2, 0.25) is 0 Å². The quantitative estimate of drug-likeness (QED) is 0.885. The number of benzene rings is 1. The molecule has 2 rings (SSSR count). The lowest BCUT2D eigenvalue weighted by atomic mass is 9.71. The molecule has 1 N–H and O–H groups in total. The minimum absolute atomic E-state index is 0.258. The van der Waals surface area contributed by atoms with E-state index in [0.29, 0.717) is 16.0 Å². The summed E-state index contributed by atoms with van der Waals surface area (Å²) in [4.78, 5) is 2.16. The van der Waals surface area contributed by atoms with Crippen molar-refractivity contribution >= 4 is 23.2 Å². The molecule has 112 valence electrons. The molecule has 1 saturated carbocycles. The molecule has 0 aromatic heterocycles. The van der Waals surface area contributed by atoms with E-state index in [9.17, 15) is 5.11 Å². The van der Waals surface area contributed by atoms with E-state index >= 15 is 0 Å². The van der Waals surface area contributed by atoms with Crippen molar-refractivity contribution in [1.82, 2.24) is 4.90 Å². The van der Waals surface area contributed by atoms with Crippen molar-refractivity contribution in [1.29, 1.82) is 0 Å². The van der Waals surface area contributed by atoms with E-state index in [-0.39, 0.29) is 5.54 Å². The van der Waals surface area contributed by atoms with Crippen LogP contribution in [0.2, 0.25) is 10.0 Å². The zero-order chi connectivity index (χ0) is 14.9. The van der Waals surface area contributed by atoms with E-state index in [2.05, 4.69) is 11.8 Å². The highest BCUT2D eigenvalue weighted by atomic mass is 35.5. The van der Waals surface area contributed by atoms with E-state index in [4.69, 9.17) is 23.2 Å². The molecule has 0 bridgehead atoms. The smallest absolute Gasteiger partial charge is 0.0988 e. The Morgan fingerprint density at radius 3 is 2.65 bits per heavy atom. The molecule has 4 heteroatoms. The molecular formula is C16H23Cl2NO. The molecule has 3 unspecified atom stereocenters. The standard InChI is InChI=1S/C16H23Cl2NO/c1-11-6-5-9-16(10-11,19(2)3)15(20)12-7-4-8-13(17)14(12)18/h4,7-8,11,15,20H,5-6,9-10H2,1-3H3. The number of likely N-dealkylation sites (N-methyl/N-ethyl adjacent to an activating group) is 1. The third kappa shape index (κ3) is 2.85. The maximum Gasteiger partial charge on any atom is 0.0988 e. The van der Waals surface area contributed by atoms with E-state index < -0.39 is 6.10 Å². The molecule has 0 amide bonds. The lowest BCUT2D eigenvalue weighted by Crippen LogP contribution is -2.52. The topological polar surface area (TPSA) is 23.5 Å². The van der Waals surface area contributed by atoms with Gasteiger partial charge in [0.25, 0.3) is 0 Å². The summed E-state index contributed by atoms with van der Waals surface area (Å²) < 4.78 is 0. The minimum atomic E-state index is -0.619. The van der Waals surface area contributed by atoms with Gasteiger partial charge < -0.3 is 10.0 Å². The largest absolute Gasteiger partial charge is 0.386 e. The lowest BCUT2D eigenvalue weighted by Gasteiger charge is -2.48. The Morgan fingerprint density at radius 1 is 1.35 bits per heavy atom. The first-order valence-corrected chi connectivity index (χ1v) is 7.93. The summed E-state index contributed by atoms with van der Waals surface area (Å²) >= 11 is 12.4. The number of hydrogen-bond acceptors (Lipinski definition) is 2. The van der Waals surface area contributed by atoms with Crippen molar-refractivity contribution < 1.29 is 5.11 Å². The summed E-state index contributed by atoms with van der Waals surface area (Å²) in [6.45, 7) is 2.25. The molecular weight excluding hydrogens is 293 g/mol. The van der Waals surface area contributed by atoms with Gasteiger partial charge in [-0.3, -0.25) is 0 Å². The van der Waals surface area contributed by atoms with Gasteiger partial charge in [-0.05, 0) is 38.9 Å². The predicted octanol–water partition coefficient (Wildman–Crippen LogP) is 4.54. The van der Waals surface area contributed by atoms with E-state index in [0.717, 1.165) is 24.8 Å². The van der Waals surface area contributed by atoms with Crippen LogP contribution in [0.3, 0.4) is 0 Å². The van der Waals surface area contributed by atoms with Crippen molar-refractivity contribution in [2.45, 2.75) is 44.2 Å². The highest BCUT2D eigenvalue weighted by Crippen LogP contribution is 2.46. The highest BCUT2D eigenvalue weighted by molar-refractivity contribution is 6.42. The second kappa shape index (κ2) is 6.23. The Labute approximate surface area is 131 Å². The molecule has 1 aliphatic carbocycles. The summed E-state index contributed by atoms with van der Waals surface area (Å²) in [6.07, 6.45) is 3.70. The fourth-order valence-corrected chi connectivity index (χ4v) is 3.90. The summed E-state index contributed by atoms with van der Waals surface area (Å²) in [5.74, 6) is 0.610. The predicted molar refractivity (Wildman–Crippen MR) is 85.5 cm³/mol. The molecule has 20 heavy (non-hydrogen) atoms. The number of rotatable bonds is 3. The van der Waals surface area contributed by atoms with Crippen molar-refractivity contribution in [2.75, 3.05) is 14.1 Å². The van der Waals surface area contributed by atoms with Crippen molar-refractivity contribution in [3.8, 4) is 0 Å². The maximum atomic E-state index is 11.0. The maximum absolute atomic E-state index is 11.0. The lowest BCUT2D eigenvalue weighted by molar-refractivity contribution is -0.0450. The van der Waals surface area contributed by atoms with Crippen LogP contribution in [-0.4, -0.2) is 29.6 Å². The summed E-state index contributed by atoms with van der Waals surface area (Å²) in [6, 6.07) is 5.48. The third-order valence-electron chi connectivity index (χ3n) is 4.68. The van der Waals surface area contributed by atoms with Gasteiger partial charge in [-0.25, -0.2) is 0 Å². The zero-order valence-corrected chi connectivity index (χ0v) is 13.9. The normalized spacial score (nSPS) is 28.6. The Hall–Kier alpha value is -0.280. The molecule has 0 heterocycles. The molecule has 0 spiro atoms. The monoisotopic (exact) mass is 315 g/mol. The van der Waals surface area contributed by atoms with Crippen LogP contribution in [-0.2, 0) is 0 Å². The van der Waals surface area contributed by atoms with E-state index in [1.807, 2.05) is 26.2 Å². The highest BCUT2D eigenvalue weighted by Gasteiger charge is 2.44. The fourth-order valence-electron chi connectivity index (χ4n) is 3.48. The average Bonchev–Trinajstić information content (AvgIpc) is 2.40. The van der Waals surface area contributed by atoms with Gasteiger partial charge in [0.15, 0.2) is 0 Å². The van der Waals surface area contributed by atoms with Gasteiger partial charge >= 0.3 is 0 Å². The molecule has 0 saturated heterocycles. The molecule has 3 atom stereocenters. The first kappa shape index (κ1) is 16.1. The van der Waals surface area contributed by atoms with Crippen LogP contribution in [0, 0.1) is 5.92 Å². The van der Waals surface area contributed by atoms with Gasteiger partial charge in [0.1, 0.15) is 0 Å². The van der Waals surface area contributed by atoms with Gasteiger partial charge in [-0.1, -0.05) is 55.1 Å². The Balaban J connectivity index is 2.41. The van der Waals surface area contributed by atoms with Crippen LogP contribution in [0.15, 0.2) is 18.2 Å². The van der Waals surface area contributed by atoms with Crippen LogP contribution >= 0.6 is 23.2 Å². The second-order valence-corrected chi connectivity index (χ2v) is 7.03. The number of halogens is 2. The first-order chi connectivity index (χ1) is 9.38. The van der Waals surface area contributed by atoms with Crippen LogP contribution in [0.5, 0.6) is 0 Å². The molecule has 0 radical (unpaired) electrons. The molecule has 0 aliphatic heterocycles. The Bertz CT molecular complexity index is 478. The second-order valence-electron chi connectivity index (χ2n) is 6.25. The van der Waals surface area contributed by atoms with Gasteiger partial charge in [-0.15, -0.1) is 0 Å². The van der Waals surface area contributed by atoms with Crippen LogP contribution in [0.25, 0.3) is 0 Å². The van der Waals surface area contributed by atoms with Gasteiger partial charge in [-0.2, -0.15) is 0 Å². The van der Waals surface area contributed by atoms with E-state index in [1.165, 1.54) is 6.42 Å². The number of aliphatic hydroxyl groups is 1. The number of hydrogen-bond donors (Lipinski definition) is 1. The SMILES string of the molecule is CC1CCCC(C(O)c2cccc(Cl)c2Cl)(N(C)C)C1. The molecule has 1 fully saturated rings. The van der Waals surface area contributed by atoms with Crippen molar-refractivity contribution in [3.63, 3.8) is 0 Å². The Morgan fingerprint density at radius 2 is 2.05 bits per heavy atom. The molecule has 2 nitrogen and oxygen atoms in total. The Kier molecular flexibility index (Phi) is 5.01. The van der Waals surface area contributed by atoms with Crippen molar-refractivity contribution in [2.24, 2.45) is 5.92 Å². The van der Waals surface area contributed by atoms with Gasteiger partial charge in [0, 0.05) is 5.56 Å². The zero-order valence-electron chi connectivity index (χ0n) is 12.4. The summed E-state index contributed by atoms with van der Waals surface area (Å²) in [5.41, 5.74) is 0.480. The fraction of sp³-hybridized carbons (Fsp3) is 0.625. The first-order valence-electron chi connectivity index (χ1n) is 7.18. The van der Waals surface area contributed by atoms with Gasteiger partial charge in [0.05, 0.1) is 21.7 Å². The molecule has 1 aromatic rings. The summed E-state index contributed by atoms with van der Waals surface area (Å²) in [5, 5.41) is 12.0. The third-order valence-corrected chi connectivity index (χ3v) is 5.52.